The minimum Gasteiger partial charge on any atom is -0.480 e. The van der Waals surface area contributed by atoms with Gasteiger partial charge in [0.05, 0.1) is 11.4 Å². The SMILES string of the molecule is CCC(C(=O)O)N(C)S(=O)(=O)c1c(C)n[nH]c1C. The van der Waals surface area contributed by atoms with Crippen LogP contribution in [-0.4, -0.2) is 47.1 Å². The van der Waals surface area contributed by atoms with E-state index in [1.165, 1.54) is 7.05 Å². The first-order chi connectivity index (χ1) is 8.23. The lowest BCUT2D eigenvalue weighted by Gasteiger charge is -2.23. The van der Waals surface area contributed by atoms with Gasteiger partial charge in [-0.3, -0.25) is 9.89 Å². The molecule has 2 N–H and O–H groups in total. The second kappa shape index (κ2) is 5.07. The Morgan fingerprint density at radius 1 is 1.50 bits per heavy atom. The number of nitrogens with one attached hydrogen (secondary N) is 1. The number of aromatic nitrogens is 2. The van der Waals surface area contributed by atoms with Gasteiger partial charge in [-0.05, 0) is 20.3 Å². The molecule has 0 saturated carbocycles. The van der Waals surface area contributed by atoms with Crippen molar-refractivity contribution in [2.24, 2.45) is 0 Å². The molecule has 0 aliphatic rings. The first-order valence-corrected chi connectivity index (χ1v) is 6.89. The van der Waals surface area contributed by atoms with Crippen LogP contribution in [0.15, 0.2) is 4.90 Å². The molecule has 0 bridgehead atoms. The molecule has 1 unspecified atom stereocenters. The van der Waals surface area contributed by atoms with E-state index in [0.29, 0.717) is 11.4 Å². The Bertz CT molecular complexity index is 530. The fraction of sp³-hybridized carbons (Fsp3) is 0.600. The smallest absolute Gasteiger partial charge is 0.321 e. The van der Waals surface area contributed by atoms with Crippen LogP contribution in [0, 0.1) is 13.8 Å². The maximum absolute atomic E-state index is 12.3. The number of aliphatic carboxylic acids is 1. The zero-order valence-electron chi connectivity index (χ0n) is 10.8. The number of likely N-dealkylation sites (N-methyl/N-ethyl adjacent to an activating group) is 1. The Labute approximate surface area is 106 Å². The van der Waals surface area contributed by atoms with Crippen LogP contribution in [0.3, 0.4) is 0 Å². The van der Waals surface area contributed by atoms with Crippen LogP contribution < -0.4 is 0 Å². The van der Waals surface area contributed by atoms with E-state index in [4.69, 9.17) is 5.11 Å². The Kier molecular flexibility index (Phi) is 4.12. The van der Waals surface area contributed by atoms with E-state index in [-0.39, 0.29) is 11.3 Å². The maximum Gasteiger partial charge on any atom is 0.321 e. The van der Waals surface area contributed by atoms with E-state index >= 15 is 0 Å². The molecule has 0 aliphatic heterocycles. The molecule has 0 aliphatic carbocycles. The van der Waals surface area contributed by atoms with Crippen LogP contribution >= 0.6 is 0 Å². The zero-order chi connectivity index (χ0) is 14.1. The van der Waals surface area contributed by atoms with Crippen LogP contribution in [0.25, 0.3) is 0 Å². The van der Waals surface area contributed by atoms with Gasteiger partial charge >= 0.3 is 5.97 Å². The number of rotatable bonds is 5. The predicted molar refractivity (Wildman–Crippen MR) is 64.7 cm³/mol. The van der Waals surface area contributed by atoms with Crippen molar-refractivity contribution in [3.8, 4) is 0 Å². The first kappa shape index (κ1) is 14.7. The van der Waals surface area contributed by atoms with Gasteiger partial charge in [0.1, 0.15) is 10.9 Å². The minimum absolute atomic E-state index is 0.0460. The summed E-state index contributed by atoms with van der Waals surface area (Å²) in [6, 6.07) is -1.08. The summed E-state index contributed by atoms with van der Waals surface area (Å²) < 4.78 is 25.6. The number of carboxylic acid groups (broad SMARTS) is 1. The molecule has 0 amide bonds. The van der Waals surface area contributed by atoms with Gasteiger partial charge in [0.15, 0.2) is 0 Å². The van der Waals surface area contributed by atoms with Crippen molar-refractivity contribution in [1.82, 2.24) is 14.5 Å². The largest absolute Gasteiger partial charge is 0.480 e. The summed E-state index contributed by atoms with van der Waals surface area (Å²) in [5.74, 6) is -1.16. The summed E-state index contributed by atoms with van der Waals surface area (Å²) in [6.07, 6.45) is 0.195. The van der Waals surface area contributed by atoms with Crippen molar-refractivity contribution in [3.63, 3.8) is 0 Å². The highest BCUT2D eigenvalue weighted by Crippen LogP contribution is 2.22. The van der Waals surface area contributed by atoms with Gasteiger partial charge in [-0.15, -0.1) is 0 Å². The van der Waals surface area contributed by atoms with Crippen molar-refractivity contribution in [2.45, 2.75) is 38.1 Å². The molecular weight excluding hydrogens is 258 g/mol. The van der Waals surface area contributed by atoms with Crippen LogP contribution in [-0.2, 0) is 14.8 Å². The van der Waals surface area contributed by atoms with Gasteiger partial charge < -0.3 is 5.11 Å². The summed E-state index contributed by atoms with van der Waals surface area (Å²) in [4.78, 5) is 11.1. The number of sulfonamides is 1. The number of aryl methyl sites for hydroxylation is 2. The number of aromatic amines is 1. The molecule has 1 heterocycles. The molecule has 8 heteroatoms. The van der Waals surface area contributed by atoms with E-state index in [1.807, 2.05) is 0 Å². The minimum atomic E-state index is -3.85. The molecular formula is C10H17N3O4S. The molecule has 18 heavy (non-hydrogen) atoms. The second-order valence-corrected chi connectivity index (χ2v) is 5.98. The summed E-state index contributed by atoms with van der Waals surface area (Å²) in [6.45, 7) is 4.77. The van der Waals surface area contributed by atoms with E-state index < -0.39 is 22.0 Å². The molecule has 7 nitrogen and oxygen atoms in total. The fourth-order valence-electron chi connectivity index (χ4n) is 1.82. The van der Waals surface area contributed by atoms with E-state index in [0.717, 1.165) is 4.31 Å². The summed E-state index contributed by atoms with van der Waals surface area (Å²) in [7, 11) is -2.59. The quantitative estimate of drug-likeness (QED) is 0.815. The second-order valence-electron chi connectivity index (χ2n) is 4.05. The molecule has 0 radical (unpaired) electrons. The lowest BCUT2D eigenvalue weighted by atomic mass is 10.2. The Morgan fingerprint density at radius 3 is 2.39 bits per heavy atom. The average Bonchev–Trinajstić information content (AvgIpc) is 2.59. The maximum atomic E-state index is 12.3. The number of H-pyrrole nitrogens is 1. The van der Waals surface area contributed by atoms with Gasteiger partial charge in [-0.1, -0.05) is 6.92 Å². The van der Waals surface area contributed by atoms with Crippen LogP contribution in [0.2, 0.25) is 0 Å². The topological polar surface area (TPSA) is 103 Å². The van der Waals surface area contributed by atoms with Crippen molar-refractivity contribution >= 4 is 16.0 Å². The van der Waals surface area contributed by atoms with Crippen LogP contribution in [0.4, 0.5) is 0 Å². The van der Waals surface area contributed by atoms with Gasteiger partial charge in [-0.25, -0.2) is 8.42 Å². The summed E-state index contributed by atoms with van der Waals surface area (Å²) in [5, 5.41) is 15.4. The molecule has 0 spiro atoms. The molecule has 1 aromatic heterocycles. The third-order valence-corrected chi connectivity index (χ3v) is 4.94. The van der Waals surface area contributed by atoms with E-state index in [9.17, 15) is 13.2 Å². The highest BCUT2D eigenvalue weighted by molar-refractivity contribution is 7.89. The third-order valence-electron chi connectivity index (χ3n) is 2.81. The molecule has 1 atom stereocenters. The number of hydrogen-bond donors (Lipinski definition) is 2. The van der Waals surface area contributed by atoms with Crippen LogP contribution in [0.1, 0.15) is 24.7 Å². The number of carbonyl (C=O) groups is 1. The molecule has 102 valence electrons. The number of hydrogen-bond acceptors (Lipinski definition) is 4. The van der Waals surface area contributed by atoms with Crippen molar-refractivity contribution in [3.05, 3.63) is 11.4 Å². The molecule has 0 fully saturated rings. The van der Waals surface area contributed by atoms with Gasteiger partial charge in [-0.2, -0.15) is 9.40 Å². The highest BCUT2D eigenvalue weighted by atomic mass is 32.2. The summed E-state index contributed by atoms with van der Waals surface area (Å²) >= 11 is 0. The summed E-state index contributed by atoms with van der Waals surface area (Å²) in [5.41, 5.74) is 0.735. The van der Waals surface area contributed by atoms with E-state index in [2.05, 4.69) is 10.2 Å². The third kappa shape index (κ3) is 2.39. The van der Waals surface area contributed by atoms with Gasteiger partial charge in [0.25, 0.3) is 0 Å². The zero-order valence-corrected chi connectivity index (χ0v) is 11.6. The molecule has 0 saturated heterocycles. The highest BCUT2D eigenvalue weighted by Gasteiger charge is 2.34. The average molecular weight is 275 g/mol. The Morgan fingerprint density at radius 2 is 2.06 bits per heavy atom. The first-order valence-electron chi connectivity index (χ1n) is 5.45. The number of carboxylic acids is 1. The normalized spacial score (nSPS) is 13.8. The molecule has 0 aromatic carbocycles. The van der Waals surface area contributed by atoms with Crippen molar-refractivity contribution in [1.29, 1.82) is 0 Å². The van der Waals surface area contributed by atoms with Crippen molar-refractivity contribution < 1.29 is 18.3 Å². The van der Waals surface area contributed by atoms with Gasteiger partial charge in [0, 0.05) is 7.05 Å². The van der Waals surface area contributed by atoms with E-state index in [1.54, 1.807) is 20.8 Å². The molecule has 1 aromatic rings. The molecule has 1 rings (SSSR count). The number of nitrogens with zero attached hydrogens (tertiary/aromatic N) is 2. The lowest BCUT2D eigenvalue weighted by Crippen LogP contribution is -2.42. The fourth-order valence-corrected chi connectivity index (χ4v) is 3.53. The Balaban J connectivity index is 3.27. The van der Waals surface area contributed by atoms with Crippen LogP contribution in [0.5, 0.6) is 0 Å². The predicted octanol–water partition coefficient (Wildman–Crippen LogP) is 0.510. The van der Waals surface area contributed by atoms with Crippen molar-refractivity contribution in [2.75, 3.05) is 7.05 Å². The monoisotopic (exact) mass is 275 g/mol. The standard InChI is InChI=1S/C10H17N3O4S/c1-5-8(10(14)15)13(4)18(16,17)9-6(2)11-12-7(9)3/h8H,5H2,1-4H3,(H,11,12)(H,14,15). The van der Waals surface area contributed by atoms with Gasteiger partial charge in [0.2, 0.25) is 10.0 Å². The lowest BCUT2D eigenvalue weighted by molar-refractivity contribution is -0.141. The Hall–Kier alpha value is -1.41.